The second-order valence-corrected chi connectivity index (χ2v) is 7.18. The number of benzene rings is 2. The Bertz CT molecular complexity index is 796. The number of sulfonamides is 1. The average Bonchev–Trinajstić information content (AvgIpc) is 2.54. The first-order chi connectivity index (χ1) is 10.9. The molecule has 0 radical (unpaired) electrons. The van der Waals surface area contributed by atoms with Crippen molar-refractivity contribution in [1.29, 1.82) is 0 Å². The maximum atomic E-state index is 12.1. The van der Waals surface area contributed by atoms with E-state index in [1.807, 2.05) is 6.07 Å². The molecular weight excluding hydrogens is 359 g/mol. The van der Waals surface area contributed by atoms with Crippen LogP contribution < -0.4 is 10.0 Å². The first-order valence-corrected chi connectivity index (χ1v) is 8.92. The van der Waals surface area contributed by atoms with Gasteiger partial charge in [0.25, 0.3) is 5.91 Å². The molecular formula is C15H14Cl2N2O3S. The third-order valence-electron chi connectivity index (χ3n) is 2.94. The lowest BCUT2D eigenvalue weighted by molar-refractivity contribution is 0.0954. The van der Waals surface area contributed by atoms with E-state index < -0.39 is 10.0 Å². The standard InChI is InChI=1S/C15H14Cl2N2O3S/c16-13-7-6-12(10-14(13)17)23(21,22)19-9-8-18-15(20)11-4-2-1-3-5-11/h1-7,10,19H,8-9H2,(H,18,20). The summed E-state index contributed by atoms with van der Waals surface area (Å²) in [4.78, 5) is 11.8. The molecule has 2 rings (SSSR count). The van der Waals surface area contributed by atoms with Gasteiger partial charge in [0.2, 0.25) is 10.0 Å². The molecule has 122 valence electrons. The minimum Gasteiger partial charge on any atom is -0.351 e. The van der Waals surface area contributed by atoms with Crippen LogP contribution in [0.4, 0.5) is 0 Å². The highest BCUT2D eigenvalue weighted by Gasteiger charge is 2.15. The van der Waals surface area contributed by atoms with E-state index in [4.69, 9.17) is 23.2 Å². The van der Waals surface area contributed by atoms with Gasteiger partial charge in [-0.25, -0.2) is 13.1 Å². The largest absolute Gasteiger partial charge is 0.351 e. The average molecular weight is 373 g/mol. The van der Waals surface area contributed by atoms with E-state index in [1.54, 1.807) is 24.3 Å². The van der Waals surface area contributed by atoms with Crippen molar-refractivity contribution in [1.82, 2.24) is 10.0 Å². The van der Waals surface area contributed by atoms with Gasteiger partial charge in [0.05, 0.1) is 14.9 Å². The molecule has 2 aromatic rings. The predicted molar refractivity (Wildman–Crippen MR) is 90.4 cm³/mol. The van der Waals surface area contributed by atoms with Crippen molar-refractivity contribution in [3.63, 3.8) is 0 Å². The summed E-state index contributed by atoms with van der Waals surface area (Å²) in [5.74, 6) is -0.265. The molecule has 0 saturated heterocycles. The number of hydrogen-bond donors (Lipinski definition) is 2. The van der Waals surface area contributed by atoms with Crippen LogP contribution in [0.2, 0.25) is 10.0 Å². The number of hydrogen-bond acceptors (Lipinski definition) is 3. The smallest absolute Gasteiger partial charge is 0.251 e. The van der Waals surface area contributed by atoms with Gasteiger partial charge in [-0.3, -0.25) is 4.79 Å². The van der Waals surface area contributed by atoms with E-state index >= 15 is 0 Å². The molecule has 1 amide bonds. The summed E-state index contributed by atoms with van der Waals surface area (Å²) in [6.07, 6.45) is 0. The molecule has 0 bridgehead atoms. The van der Waals surface area contributed by atoms with Crippen molar-refractivity contribution in [2.75, 3.05) is 13.1 Å². The first kappa shape index (κ1) is 17.7. The van der Waals surface area contributed by atoms with Crippen molar-refractivity contribution in [3.8, 4) is 0 Å². The van der Waals surface area contributed by atoms with Crippen LogP contribution in [-0.2, 0) is 10.0 Å². The van der Waals surface area contributed by atoms with Crippen molar-refractivity contribution < 1.29 is 13.2 Å². The molecule has 0 spiro atoms. The maximum Gasteiger partial charge on any atom is 0.251 e. The Morgan fingerprint density at radius 1 is 0.957 bits per heavy atom. The molecule has 2 aromatic carbocycles. The molecule has 0 aromatic heterocycles. The Balaban J connectivity index is 1.88. The molecule has 2 N–H and O–H groups in total. The highest BCUT2D eigenvalue weighted by atomic mass is 35.5. The van der Waals surface area contributed by atoms with Crippen LogP contribution >= 0.6 is 23.2 Å². The van der Waals surface area contributed by atoms with Crippen molar-refractivity contribution in [2.45, 2.75) is 4.90 Å². The molecule has 0 heterocycles. The third-order valence-corrected chi connectivity index (χ3v) is 5.14. The van der Waals surface area contributed by atoms with Gasteiger partial charge in [-0.1, -0.05) is 41.4 Å². The van der Waals surface area contributed by atoms with E-state index in [2.05, 4.69) is 10.0 Å². The summed E-state index contributed by atoms with van der Waals surface area (Å²) in [5.41, 5.74) is 0.514. The molecule has 0 aliphatic carbocycles. The fourth-order valence-electron chi connectivity index (χ4n) is 1.78. The zero-order chi connectivity index (χ0) is 16.9. The summed E-state index contributed by atoms with van der Waals surface area (Å²) in [6, 6.07) is 12.7. The molecule has 23 heavy (non-hydrogen) atoms. The lowest BCUT2D eigenvalue weighted by Gasteiger charge is -2.09. The van der Waals surface area contributed by atoms with E-state index in [-0.39, 0.29) is 33.9 Å². The molecule has 0 aliphatic rings. The first-order valence-electron chi connectivity index (χ1n) is 6.68. The Kier molecular flexibility index (Phi) is 6.01. The van der Waals surface area contributed by atoms with Gasteiger partial charge in [-0.15, -0.1) is 0 Å². The van der Waals surface area contributed by atoms with Crippen molar-refractivity contribution in [2.24, 2.45) is 0 Å². The van der Waals surface area contributed by atoms with Crippen LogP contribution in [0.5, 0.6) is 0 Å². The van der Waals surface area contributed by atoms with Crippen LogP contribution in [0, 0.1) is 0 Å². The van der Waals surface area contributed by atoms with Crippen LogP contribution in [0.15, 0.2) is 53.4 Å². The van der Waals surface area contributed by atoms with Gasteiger partial charge in [-0.05, 0) is 30.3 Å². The topological polar surface area (TPSA) is 75.3 Å². The minimum atomic E-state index is -3.71. The summed E-state index contributed by atoms with van der Waals surface area (Å²) in [5, 5.41) is 3.07. The molecule has 0 unspecified atom stereocenters. The lowest BCUT2D eigenvalue weighted by atomic mass is 10.2. The van der Waals surface area contributed by atoms with E-state index in [1.165, 1.54) is 18.2 Å². The maximum absolute atomic E-state index is 12.1. The summed E-state index contributed by atoms with van der Waals surface area (Å²) in [7, 11) is -3.71. The summed E-state index contributed by atoms with van der Waals surface area (Å²) < 4.78 is 26.6. The van der Waals surface area contributed by atoms with Crippen LogP contribution in [-0.4, -0.2) is 27.4 Å². The van der Waals surface area contributed by atoms with Crippen LogP contribution in [0.25, 0.3) is 0 Å². The molecule has 0 fully saturated rings. The zero-order valence-electron chi connectivity index (χ0n) is 11.9. The predicted octanol–water partition coefficient (Wildman–Crippen LogP) is 2.70. The Morgan fingerprint density at radius 2 is 1.65 bits per heavy atom. The Labute approximate surface area is 144 Å². The van der Waals surface area contributed by atoms with Gasteiger partial charge in [0.15, 0.2) is 0 Å². The number of halogens is 2. The summed E-state index contributed by atoms with van der Waals surface area (Å²) in [6.45, 7) is 0.218. The number of carbonyl (C=O) groups is 1. The van der Waals surface area contributed by atoms with Gasteiger partial charge < -0.3 is 5.32 Å². The molecule has 0 saturated carbocycles. The van der Waals surface area contributed by atoms with E-state index in [0.29, 0.717) is 5.56 Å². The Hall–Kier alpha value is -1.60. The van der Waals surface area contributed by atoms with Crippen LogP contribution in [0.1, 0.15) is 10.4 Å². The second kappa shape index (κ2) is 7.79. The minimum absolute atomic E-state index is 0.0151. The fraction of sp³-hybridized carbons (Fsp3) is 0.133. The van der Waals surface area contributed by atoms with E-state index in [9.17, 15) is 13.2 Å². The SMILES string of the molecule is O=C(NCCNS(=O)(=O)c1ccc(Cl)c(Cl)c1)c1ccccc1. The highest BCUT2D eigenvalue weighted by molar-refractivity contribution is 7.89. The van der Waals surface area contributed by atoms with Gasteiger partial charge >= 0.3 is 0 Å². The zero-order valence-corrected chi connectivity index (χ0v) is 14.3. The monoisotopic (exact) mass is 372 g/mol. The molecule has 0 aliphatic heterocycles. The molecule has 5 nitrogen and oxygen atoms in total. The van der Waals surface area contributed by atoms with Crippen molar-refractivity contribution >= 4 is 39.1 Å². The van der Waals surface area contributed by atoms with Crippen molar-refractivity contribution in [3.05, 3.63) is 64.1 Å². The molecule has 0 atom stereocenters. The third kappa shape index (κ3) is 4.94. The van der Waals surface area contributed by atoms with Gasteiger partial charge in [0, 0.05) is 18.7 Å². The second-order valence-electron chi connectivity index (χ2n) is 4.60. The summed E-state index contributed by atoms with van der Waals surface area (Å²) >= 11 is 11.6. The van der Waals surface area contributed by atoms with Crippen LogP contribution in [0.3, 0.4) is 0 Å². The normalized spacial score (nSPS) is 11.2. The van der Waals surface area contributed by atoms with Gasteiger partial charge in [-0.2, -0.15) is 0 Å². The molecule has 8 heteroatoms. The quantitative estimate of drug-likeness (QED) is 0.765. The number of nitrogens with one attached hydrogen (secondary N) is 2. The number of amides is 1. The van der Waals surface area contributed by atoms with E-state index in [0.717, 1.165) is 0 Å². The number of rotatable bonds is 6. The lowest BCUT2D eigenvalue weighted by Crippen LogP contribution is -2.34. The fourth-order valence-corrected chi connectivity index (χ4v) is 3.20. The highest BCUT2D eigenvalue weighted by Crippen LogP contribution is 2.24. The van der Waals surface area contributed by atoms with Gasteiger partial charge in [0.1, 0.15) is 0 Å². The Morgan fingerprint density at radius 3 is 2.30 bits per heavy atom. The number of carbonyl (C=O) groups excluding carboxylic acids is 1.